The smallest absolute Gasteiger partial charge is 0.410 e. The molecule has 3 saturated heterocycles. The van der Waals surface area contributed by atoms with Crippen LogP contribution in [0.3, 0.4) is 0 Å². The molecule has 0 spiro atoms. The highest BCUT2D eigenvalue weighted by atomic mass is 32.2. The van der Waals surface area contributed by atoms with Crippen LogP contribution in [0.2, 0.25) is 0 Å². The summed E-state index contributed by atoms with van der Waals surface area (Å²) in [7, 11) is 6.82. The molecule has 0 unspecified atom stereocenters. The zero-order valence-corrected chi connectivity index (χ0v) is 43.9. The zero-order valence-electron chi connectivity index (χ0n) is 43.1. The molecule has 14 atom stereocenters. The minimum Gasteiger partial charge on any atom is -0.481 e. The molecule has 2 N–H and O–H groups in total. The first-order valence-corrected chi connectivity index (χ1v) is 25.8. The fourth-order valence-electron chi connectivity index (χ4n) is 11.1. The third kappa shape index (κ3) is 11.6. The molecular weight excluding hydrogens is 939 g/mol. The largest absolute Gasteiger partial charge is 0.481 e. The van der Waals surface area contributed by atoms with Crippen molar-refractivity contribution in [3.63, 3.8) is 0 Å². The third-order valence-corrected chi connectivity index (χ3v) is 15.9. The quantitative estimate of drug-likeness (QED) is 0.0732. The number of H-pyrrole nitrogens is 1. The summed E-state index contributed by atoms with van der Waals surface area (Å²) in [5.74, 6) is -2.76. The molecule has 1 amide bonds. The van der Waals surface area contributed by atoms with Crippen LogP contribution in [0.25, 0.3) is 11.2 Å². The normalized spacial score (nSPS) is 33.7. The number of aliphatic hydroxyl groups excluding tert-OH is 1. The number of fused-ring (bicyclic) bond motifs is 3. The molecule has 4 aliphatic heterocycles. The van der Waals surface area contributed by atoms with Crippen molar-refractivity contribution in [3.05, 3.63) is 35.9 Å². The predicted molar refractivity (Wildman–Crippen MR) is 261 cm³/mol. The average molecular weight is 1010 g/mol. The number of hydrogen-bond acceptors (Lipinski definition) is 18. The number of likely N-dealkylation sites (N-methyl/N-ethyl adjacent to an activating group) is 1. The first-order valence-electron chi connectivity index (χ1n) is 24.8. The summed E-state index contributed by atoms with van der Waals surface area (Å²) in [4.78, 5) is 74.0. The van der Waals surface area contributed by atoms with Gasteiger partial charge < -0.3 is 62.5 Å². The van der Waals surface area contributed by atoms with Gasteiger partial charge in [0.2, 0.25) is 12.7 Å². The SMILES string of the molecule is CC[C@H]1OC(=O)[C@H](C)[C@@H](OC(=O)Cc2ccc3c(c2)OCO3)[C@H](C)[C@@H](O[C@@H]2O[C@H](C)C[C@H](N(C)C)[C@H]2O)[C@@](C)(OC)C[C@@H](C)C(=O)[C@H](C)[C@H]2N(CCCCSc3nc4nc(OC)ccc4[nH]3)C(=O)O[C@]12C. The monoisotopic (exact) mass is 1010 g/mol. The Bertz CT molecular complexity index is 2370. The number of ketones is 1. The van der Waals surface area contributed by atoms with E-state index in [4.69, 9.17) is 42.6 Å². The summed E-state index contributed by atoms with van der Waals surface area (Å²) in [5.41, 5.74) is -0.841. The lowest BCUT2D eigenvalue weighted by Gasteiger charge is -2.48. The molecule has 71 heavy (non-hydrogen) atoms. The number of imidazole rings is 1. The van der Waals surface area contributed by atoms with Crippen molar-refractivity contribution >= 4 is 46.7 Å². The lowest BCUT2D eigenvalue weighted by molar-refractivity contribution is -0.301. The number of cyclic esters (lactones) is 1. The van der Waals surface area contributed by atoms with Crippen LogP contribution in [-0.2, 0) is 49.2 Å². The highest BCUT2D eigenvalue weighted by Gasteiger charge is 2.60. The summed E-state index contributed by atoms with van der Waals surface area (Å²) in [6.45, 7) is 14.7. The van der Waals surface area contributed by atoms with E-state index >= 15 is 4.79 Å². The van der Waals surface area contributed by atoms with Crippen LogP contribution >= 0.6 is 11.8 Å². The van der Waals surface area contributed by atoms with Gasteiger partial charge in [0.05, 0.1) is 48.8 Å². The second-order valence-corrected chi connectivity index (χ2v) is 21.3. The number of pyridine rings is 1. The first-order chi connectivity index (χ1) is 33.7. The average Bonchev–Trinajstić information content (AvgIpc) is 4.05. The van der Waals surface area contributed by atoms with Crippen molar-refractivity contribution in [2.45, 2.75) is 159 Å². The molecule has 392 valence electrons. The van der Waals surface area contributed by atoms with Crippen molar-refractivity contribution in [2.75, 3.05) is 47.4 Å². The van der Waals surface area contributed by atoms with Gasteiger partial charge in [0, 0.05) is 49.3 Å². The third-order valence-electron chi connectivity index (χ3n) is 14.9. The Labute approximate surface area is 420 Å². The van der Waals surface area contributed by atoms with Gasteiger partial charge in [-0.1, -0.05) is 45.5 Å². The Morgan fingerprint density at radius 2 is 1.75 bits per heavy atom. The van der Waals surface area contributed by atoms with Crippen LogP contribution in [-0.4, -0.2) is 161 Å². The van der Waals surface area contributed by atoms with Crippen LogP contribution in [0.5, 0.6) is 17.4 Å². The number of rotatable bonds is 15. The Morgan fingerprint density at radius 3 is 2.45 bits per heavy atom. The van der Waals surface area contributed by atoms with E-state index in [0.29, 0.717) is 58.8 Å². The van der Waals surface area contributed by atoms with Gasteiger partial charge in [-0.15, -0.1) is 0 Å². The van der Waals surface area contributed by atoms with E-state index < -0.39 is 89.7 Å². The highest BCUT2D eigenvalue weighted by molar-refractivity contribution is 7.99. The number of esters is 2. The molecule has 7 rings (SSSR count). The molecule has 0 aliphatic carbocycles. The van der Waals surface area contributed by atoms with Crippen molar-refractivity contribution in [1.82, 2.24) is 24.8 Å². The molecule has 2 aromatic heterocycles. The summed E-state index contributed by atoms with van der Waals surface area (Å²) in [6.07, 6.45) is -4.47. The Kier molecular flexibility index (Phi) is 17.2. The number of Topliss-reactive ketones (excluding diaryl/α,β-unsaturated/α-hetero) is 1. The van der Waals surface area contributed by atoms with Gasteiger partial charge >= 0.3 is 18.0 Å². The number of aliphatic hydroxyl groups is 1. The van der Waals surface area contributed by atoms with Gasteiger partial charge in [-0.25, -0.2) is 9.78 Å². The second-order valence-electron chi connectivity index (χ2n) is 20.3. The number of amides is 1. The number of unbranched alkanes of at least 4 members (excludes halogenated alkanes) is 1. The maximum absolute atomic E-state index is 15.1. The standard InChI is InChI=1S/C51H73N5O14S/c1-13-37-51(8)43(56(49(61)70-51)20-14-15-21-71-48-52-33-17-19-38(62-11)53-45(33)54-48)29(4)40(58)27(2)25-50(7,63-12)44(69-47-41(59)34(55(9)10)22-28(3)66-47)30(5)42(31(6)46(60)67-37)68-39(57)24-32-16-18-35-36(23-32)65-26-64-35/h16-19,23,27-31,34,37,41-44,47,59H,13-15,20-22,24-26H2,1-12H3,(H,52,53,54)/t27-,28-,29+,30+,31-,34+,37-,41-,42+,43-,44-,47+,50+,51-/m1/s1. The lowest BCUT2D eigenvalue weighted by Crippen LogP contribution is -2.61. The highest BCUT2D eigenvalue weighted by Crippen LogP contribution is 2.44. The Morgan fingerprint density at radius 1 is 1.00 bits per heavy atom. The molecule has 4 aliphatic rings. The molecule has 0 radical (unpaired) electrons. The molecule has 1 aromatic carbocycles. The van der Waals surface area contributed by atoms with Gasteiger partial charge in [0.15, 0.2) is 34.2 Å². The summed E-state index contributed by atoms with van der Waals surface area (Å²) in [6, 6.07) is 7.64. The predicted octanol–water partition coefficient (Wildman–Crippen LogP) is 6.36. The molecule has 6 heterocycles. The van der Waals surface area contributed by atoms with Crippen molar-refractivity contribution in [2.24, 2.45) is 23.7 Å². The van der Waals surface area contributed by atoms with E-state index in [2.05, 4.69) is 15.0 Å². The number of carbonyl (C=O) groups excluding carboxylic acids is 4. The maximum atomic E-state index is 15.1. The molecule has 0 saturated carbocycles. The minimum absolute atomic E-state index is 0.0639. The van der Waals surface area contributed by atoms with Gasteiger partial charge in [0.1, 0.15) is 24.1 Å². The van der Waals surface area contributed by atoms with Crippen LogP contribution in [0, 0.1) is 23.7 Å². The Balaban J connectivity index is 1.20. The number of ether oxygens (including phenoxy) is 9. The van der Waals surface area contributed by atoms with E-state index in [1.54, 1.807) is 64.0 Å². The minimum atomic E-state index is -1.46. The summed E-state index contributed by atoms with van der Waals surface area (Å²) in [5, 5.41) is 12.5. The van der Waals surface area contributed by atoms with E-state index in [-0.39, 0.29) is 50.5 Å². The van der Waals surface area contributed by atoms with Crippen molar-refractivity contribution in [1.29, 1.82) is 0 Å². The number of methoxy groups -OCH3 is 2. The van der Waals surface area contributed by atoms with E-state index in [9.17, 15) is 19.5 Å². The number of hydrogen-bond donors (Lipinski definition) is 2. The molecular formula is C51H73N5O14S. The van der Waals surface area contributed by atoms with Crippen LogP contribution in [0.15, 0.2) is 35.5 Å². The van der Waals surface area contributed by atoms with Crippen molar-refractivity contribution < 1.29 is 66.9 Å². The molecule has 3 fully saturated rings. The number of aromatic nitrogens is 3. The zero-order chi connectivity index (χ0) is 51.5. The van der Waals surface area contributed by atoms with Crippen LogP contribution < -0.4 is 14.2 Å². The van der Waals surface area contributed by atoms with Gasteiger partial charge in [-0.3, -0.25) is 14.4 Å². The maximum Gasteiger partial charge on any atom is 0.410 e. The molecule has 0 bridgehead atoms. The van der Waals surface area contributed by atoms with Gasteiger partial charge in [-0.05, 0) is 97.7 Å². The van der Waals surface area contributed by atoms with E-state index in [0.717, 1.165) is 5.52 Å². The van der Waals surface area contributed by atoms with Gasteiger partial charge in [0.25, 0.3) is 0 Å². The number of carbonyl (C=O) groups is 4. The van der Waals surface area contributed by atoms with E-state index in [1.165, 1.54) is 18.9 Å². The van der Waals surface area contributed by atoms with E-state index in [1.807, 2.05) is 52.8 Å². The molecule has 3 aromatic rings. The Hall–Kier alpha value is -4.73. The fourth-order valence-corrected chi connectivity index (χ4v) is 11.9. The number of nitrogens with one attached hydrogen (secondary N) is 1. The van der Waals surface area contributed by atoms with Crippen molar-refractivity contribution in [3.8, 4) is 17.4 Å². The van der Waals surface area contributed by atoms with Crippen LogP contribution in [0.4, 0.5) is 4.79 Å². The van der Waals surface area contributed by atoms with Crippen LogP contribution in [0.1, 0.15) is 93.1 Å². The summed E-state index contributed by atoms with van der Waals surface area (Å²) >= 11 is 1.53. The topological polar surface area (TPSA) is 220 Å². The fraction of sp³-hybridized carbons (Fsp3) is 0.686. The number of benzene rings is 1. The first kappa shape index (κ1) is 54.1. The number of nitrogens with zero attached hydrogens (tertiary/aromatic N) is 4. The summed E-state index contributed by atoms with van der Waals surface area (Å²) < 4.78 is 55.0. The lowest BCUT2D eigenvalue weighted by atomic mass is 9.73. The number of aromatic amines is 1. The van der Waals surface area contributed by atoms with Gasteiger partial charge in [-0.2, -0.15) is 4.98 Å². The number of thioether (sulfide) groups is 1. The second kappa shape index (κ2) is 22.6. The molecule has 19 nitrogen and oxygen atoms in total. The molecule has 20 heteroatoms.